The summed E-state index contributed by atoms with van der Waals surface area (Å²) < 4.78 is 27.1. The number of hydrogen-bond donors (Lipinski definition) is 2. The molecule has 0 bridgehead atoms. The van der Waals surface area contributed by atoms with E-state index in [0.717, 1.165) is 18.2 Å². The van der Waals surface area contributed by atoms with Gasteiger partial charge >= 0.3 is 6.09 Å². The monoisotopic (exact) mass is 270 g/mol. The quantitative estimate of drug-likeness (QED) is 0.867. The molecule has 1 aromatic carbocycles. The van der Waals surface area contributed by atoms with Crippen LogP contribution in [-0.4, -0.2) is 35.7 Å². The molecule has 1 amide bonds. The third-order valence-electron chi connectivity index (χ3n) is 3.57. The highest BCUT2D eigenvalue weighted by atomic mass is 19.1. The van der Waals surface area contributed by atoms with Crippen LogP contribution in [0.5, 0.6) is 0 Å². The number of likely N-dealkylation sites (tertiary alicyclic amines) is 1. The van der Waals surface area contributed by atoms with E-state index in [1.807, 2.05) is 0 Å². The van der Waals surface area contributed by atoms with Crippen molar-refractivity contribution in [3.05, 3.63) is 35.4 Å². The minimum Gasteiger partial charge on any atom is -0.465 e. The molecule has 1 aromatic rings. The topological polar surface area (TPSA) is 52.6 Å². The first kappa shape index (κ1) is 13.7. The zero-order valence-corrected chi connectivity index (χ0v) is 10.6. The average molecular weight is 270 g/mol. The summed E-state index contributed by atoms with van der Waals surface area (Å²) in [5.41, 5.74) is 0.0994. The van der Waals surface area contributed by atoms with Crippen molar-refractivity contribution in [2.75, 3.05) is 13.6 Å². The Morgan fingerprint density at radius 2 is 2.21 bits per heavy atom. The number of halogens is 2. The molecular weight excluding hydrogens is 254 g/mol. The Morgan fingerprint density at radius 1 is 1.47 bits per heavy atom. The minimum atomic E-state index is -1.11. The van der Waals surface area contributed by atoms with Crippen molar-refractivity contribution < 1.29 is 18.7 Å². The molecule has 0 radical (unpaired) electrons. The largest absolute Gasteiger partial charge is 0.465 e. The first-order valence-electron chi connectivity index (χ1n) is 6.14. The molecule has 2 rings (SSSR count). The fraction of sp³-hybridized carbons (Fsp3) is 0.462. The van der Waals surface area contributed by atoms with Gasteiger partial charge in [-0.3, -0.25) is 0 Å². The van der Waals surface area contributed by atoms with Gasteiger partial charge in [0.05, 0.1) is 6.04 Å². The van der Waals surface area contributed by atoms with E-state index in [9.17, 15) is 18.7 Å². The molecule has 1 heterocycles. The molecule has 0 aliphatic carbocycles. The molecule has 104 valence electrons. The van der Waals surface area contributed by atoms with Gasteiger partial charge in [0.25, 0.3) is 0 Å². The van der Waals surface area contributed by atoms with Gasteiger partial charge < -0.3 is 15.3 Å². The van der Waals surface area contributed by atoms with Crippen molar-refractivity contribution in [1.29, 1.82) is 0 Å². The third-order valence-corrected chi connectivity index (χ3v) is 3.57. The zero-order valence-electron chi connectivity index (χ0n) is 10.6. The van der Waals surface area contributed by atoms with Gasteiger partial charge in [0.1, 0.15) is 11.6 Å². The molecule has 1 aliphatic heterocycles. The van der Waals surface area contributed by atoms with Crippen LogP contribution < -0.4 is 5.32 Å². The van der Waals surface area contributed by atoms with Crippen molar-refractivity contribution >= 4 is 6.09 Å². The maximum atomic E-state index is 13.8. The molecule has 6 heteroatoms. The van der Waals surface area contributed by atoms with Gasteiger partial charge in [-0.1, -0.05) is 0 Å². The summed E-state index contributed by atoms with van der Waals surface area (Å²) in [5, 5.41) is 12.2. The lowest BCUT2D eigenvalue weighted by Crippen LogP contribution is -2.45. The highest BCUT2D eigenvalue weighted by Crippen LogP contribution is 2.32. The summed E-state index contributed by atoms with van der Waals surface area (Å²) in [6.07, 6.45) is -0.0115. The second kappa shape index (κ2) is 5.52. The maximum absolute atomic E-state index is 13.8. The maximum Gasteiger partial charge on any atom is 0.407 e. The molecule has 2 N–H and O–H groups in total. The fourth-order valence-corrected chi connectivity index (χ4v) is 2.52. The number of amides is 1. The summed E-state index contributed by atoms with van der Waals surface area (Å²) in [5.74, 6) is -1.14. The first-order chi connectivity index (χ1) is 9.02. The third kappa shape index (κ3) is 2.84. The van der Waals surface area contributed by atoms with E-state index < -0.39 is 23.8 Å². The molecule has 1 aliphatic rings. The molecule has 0 spiro atoms. The molecule has 19 heavy (non-hydrogen) atoms. The minimum absolute atomic E-state index is 0.0994. The number of rotatable bonds is 2. The van der Waals surface area contributed by atoms with E-state index >= 15 is 0 Å². The van der Waals surface area contributed by atoms with Gasteiger partial charge in [0, 0.05) is 18.2 Å². The highest BCUT2D eigenvalue weighted by molar-refractivity contribution is 5.66. The van der Waals surface area contributed by atoms with E-state index in [1.165, 1.54) is 4.90 Å². The summed E-state index contributed by atoms with van der Waals surface area (Å²) in [6.45, 7) is 0.307. The molecule has 1 unspecified atom stereocenters. The van der Waals surface area contributed by atoms with Gasteiger partial charge in [0.15, 0.2) is 0 Å². The predicted molar refractivity (Wildman–Crippen MR) is 65.9 cm³/mol. The summed E-state index contributed by atoms with van der Waals surface area (Å²) in [6, 6.07) is 2.59. The molecule has 0 saturated carbocycles. The lowest BCUT2D eigenvalue weighted by Gasteiger charge is -2.38. The van der Waals surface area contributed by atoms with Crippen molar-refractivity contribution in [3.8, 4) is 0 Å². The predicted octanol–water partition coefficient (Wildman–Crippen LogP) is 2.37. The van der Waals surface area contributed by atoms with Crippen LogP contribution in [0.2, 0.25) is 0 Å². The van der Waals surface area contributed by atoms with Gasteiger partial charge in [-0.05, 0) is 38.1 Å². The van der Waals surface area contributed by atoms with Crippen molar-refractivity contribution in [3.63, 3.8) is 0 Å². The lowest BCUT2D eigenvalue weighted by atomic mass is 9.92. The number of carbonyl (C=O) groups is 1. The van der Waals surface area contributed by atoms with Crippen LogP contribution in [0.1, 0.15) is 24.4 Å². The summed E-state index contributed by atoms with van der Waals surface area (Å²) in [4.78, 5) is 12.4. The number of nitrogens with one attached hydrogen (secondary N) is 1. The Labute approximate surface area is 110 Å². The Balaban J connectivity index is 2.35. The van der Waals surface area contributed by atoms with E-state index in [4.69, 9.17) is 0 Å². The number of carboxylic acid groups (broad SMARTS) is 1. The second-order valence-electron chi connectivity index (χ2n) is 4.67. The molecule has 0 aromatic heterocycles. The van der Waals surface area contributed by atoms with Crippen LogP contribution in [0.15, 0.2) is 18.2 Å². The first-order valence-corrected chi connectivity index (χ1v) is 6.14. The standard InChI is InChI=1S/C13H16F2N2O2/c1-16-9-4-5-17(13(18)19)12(7-9)10-6-8(14)2-3-11(10)15/h2-3,6,9,12,16H,4-5,7H2,1H3,(H,18,19)/t9?,12-/m0/s1. The normalized spacial score (nSPS) is 23.4. The Kier molecular flexibility index (Phi) is 3.99. The highest BCUT2D eigenvalue weighted by Gasteiger charge is 2.33. The van der Waals surface area contributed by atoms with Crippen LogP contribution in [0.3, 0.4) is 0 Å². The number of hydrogen-bond acceptors (Lipinski definition) is 2. The van der Waals surface area contributed by atoms with E-state index in [-0.39, 0.29) is 11.6 Å². The van der Waals surface area contributed by atoms with Crippen LogP contribution >= 0.6 is 0 Å². The van der Waals surface area contributed by atoms with Gasteiger partial charge in [-0.2, -0.15) is 0 Å². The summed E-state index contributed by atoms with van der Waals surface area (Å²) >= 11 is 0. The van der Waals surface area contributed by atoms with E-state index in [1.54, 1.807) is 7.05 Å². The van der Waals surface area contributed by atoms with Crippen molar-refractivity contribution in [2.24, 2.45) is 0 Å². The Hall–Kier alpha value is -1.69. The van der Waals surface area contributed by atoms with Crippen LogP contribution in [0.25, 0.3) is 0 Å². The lowest BCUT2D eigenvalue weighted by molar-refractivity contribution is 0.0961. The Bertz CT molecular complexity index is 482. The van der Waals surface area contributed by atoms with E-state index in [0.29, 0.717) is 19.4 Å². The number of nitrogens with zero attached hydrogens (tertiary/aromatic N) is 1. The van der Waals surface area contributed by atoms with Crippen LogP contribution in [0, 0.1) is 11.6 Å². The van der Waals surface area contributed by atoms with Crippen molar-refractivity contribution in [1.82, 2.24) is 10.2 Å². The molecule has 4 nitrogen and oxygen atoms in total. The van der Waals surface area contributed by atoms with Crippen LogP contribution in [0.4, 0.5) is 13.6 Å². The molecule has 2 atom stereocenters. The average Bonchev–Trinajstić information content (AvgIpc) is 2.40. The second-order valence-corrected chi connectivity index (χ2v) is 4.67. The van der Waals surface area contributed by atoms with Gasteiger partial charge in [0.2, 0.25) is 0 Å². The molecule has 1 saturated heterocycles. The SMILES string of the molecule is CNC1CCN(C(=O)O)[C@H](c2cc(F)ccc2F)C1. The molecule has 1 fully saturated rings. The van der Waals surface area contributed by atoms with E-state index in [2.05, 4.69) is 5.32 Å². The van der Waals surface area contributed by atoms with Gasteiger partial charge in [-0.15, -0.1) is 0 Å². The molecular formula is C13H16F2N2O2. The number of benzene rings is 1. The number of piperidine rings is 1. The summed E-state index contributed by atoms with van der Waals surface area (Å²) in [7, 11) is 1.78. The Morgan fingerprint density at radius 3 is 2.84 bits per heavy atom. The fourth-order valence-electron chi connectivity index (χ4n) is 2.52. The van der Waals surface area contributed by atoms with Crippen molar-refractivity contribution in [2.45, 2.75) is 24.9 Å². The smallest absolute Gasteiger partial charge is 0.407 e. The van der Waals surface area contributed by atoms with Gasteiger partial charge in [-0.25, -0.2) is 13.6 Å². The zero-order chi connectivity index (χ0) is 14.0. The van der Waals surface area contributed by atoms with Crippen LogP contribution in [-0.2, 0) is 0 Å².